The zero-order valence-electron chi connectivity index (χ0n) is 11.0. The fraction of sp³-hybridized carbons (Fsp3) is 0.571. The molecule has 0 amide bonds. The molecule has 1 aromatic carbocycles. The molecule has 0 N–H and O–H groups in total. The first-order chi connectivity index (χ1) is 7.29. The number of nitrogens with zero attached hydrogens (tertiary/aromatic N) is 2. The third-order valence-corrected chi connectivity index (χ3v) is 2.16. The summed E-state index contributed by atoms with van der Waals surface area (Å²) in [6, 6.07) is 9.88. The Morgan fingerprint density at radius 3 is 2.00 bits per heavy atom. The molecule has 16 heavy (non-hydrogen) atoms. The highest BCUT2D eigenvalue weighted by Gasteiger charge is 2.24. The van der Waals surface area contributed by atoms with Crippen LogP contribution in [0.3, 0.4) is 0 Å². The maximum Gasteiger partial charge on any atom is 0.0852 e. The summed E-state index contributed by atoms with van der Waals surface area (Å²) in [6.07, 6.45) is 1.02. The van der Waals surface area contributed by atoms with Gasteiger partial charge in [-0.05, 0) is 37.8 Å². The SMILES string of the molecule is CC(C)(C)CC(C)(C)/N=N/c1ccccc1. The minimum absolute atomic E-state index is 0.103. The Morgan fingerprint density at radius 2 is 1.50 bits per heavy atom. The van der Waals surface area contributed by atoms with E-state index in [1.807, 2.05) is 30.3 Å². The Bertz CT molecular complexity index is 345. The van der Waals surface area contributed by atoms with Gasteiger partial charge in [0.05, 0.1) is 11.2 Å². The Hall–Kier alpha value is -1.18. The molecule has 0 saturated heterocycles. The van der Waals surface area contributed by atoms with Crippen molar-refractivity contribution in [2.24, 2.45) is 15.6 Å². The highest BCUT2D eigenvalue weighted by atomic mass is 15.1. The third kappa shape index (κ3) is 5.06. The number of hydrogen-bond donors (Lipinski definition) is 0. The van der Waals surface area contributed by atoms with Crippen molar-refractivity contribution >= 4 is 5.69 Å². The van der Waals surface area contributed by atoms with Crippen molar-refractivity contribution in [3.63, 3.8) is 0 Å². The predicted molar refractivity (Wildman–Crippen MR) is 69.1 cm³/mol. The van der Waals surface area contributed by atoms with Gasteiger partial charge in [-0.15, -0.1) is 0 Å². The van der Waals surface area contributed by atoms with Crippen LogP contribution in [0.2, 0.25) is 0 Å². The van der Waals surface area contributed by atoms with Crippen LogP contribution < -0.4 is 0 Å². The van der Waals surface area contributed by atoms with E-state index in [1.54, 1.807) is 0 Å². The standard InChI is InChI=1S/C14H22N2/c1-13(2,3)11-14(4,5)16-15-12-9-7-6-8-10-12/h6-10H,11H2,1-5H3/b16-15+. The molecule has 1 aromatic rings. The first kappa shape index (κ1) is 12.9. The lowest BCUT2D eigenvalue weighted by Crippen LogP contribution is -2.24. The number of hydrogen-bond acceptors (Lipinski definition) is 2. The Labute approximate surface area is 98.8 Å². The molecule has 88 valence electrons. The number of azo groups is 1. The first-order valence-electron chi connectivity index (χ1n) is 5.77. The summed E-state index contributed by atoms with van der Waals surface area (Å²) in [7, 11) is 0. The van der Waals surface area contributed by atoms with E-state index in [9.17, 15) is 0 Å². The molecule has 0 unspecified atom stereocenters. The maximum absolute atomic E-state index is 4.44. The van der Waals surface area contributed by atoms with Crippen molar-refractivity contribution in [3.8, 4) is 0 Å². The highest BCUT2D eigenvalue weighted by molar-refractivity contribution is 5.34. The molecule has 0 fully saturated rings. The molecule has 1 rings (SSSR count). The smallest absolute Gasteiger partial charge is 0.0852 e. The third-order valence-electron chi connectivity index (χ3n) is 2.16. The monoisotopic (exact) mass is 218 g/mol. The zero-order chi connectivity index (χ0) is 12.2. The van der Waals surface area contributed by atoms with E-state index in [0.717, 1.165) is 12.1 Å². The summed E-state index contributed by atoms with van der Waals surface area (Å²) in [6.45, 7) is 10.9. The molecule has 0 aliphatic carbocycles. The lowest BCUT2D eigenvalue weighted by molar-refractivity contribution is 0.281. The number of rotatable bonds is 3. The van der Waals surface area contributed by atoms with Gasteiger partial charge in [-0.2, -0.15) is 10.2 Å². The van der Waals surface area contributed by atoms with Crippen LogP contribution in [0, 0.1) is 5.41 Å². The summed E-state index contributed by atoms with van der Waals surface area (Å²) in [5.74, 6) is 0. The van der Waals surface area contributed by atoms with Gasteiger partial charge in [0.15, 0.2) is 0 Å². The van der Waals surface area contributed by atoms with Gasteiger partial charge in [0.1, 0.15) is 0 Å². The van der Waals surface area contributed by atoms with Crippen LogP contribution in [-0.2, 0) is 0 Å². The summed E-state index contributed by atoms with van der Waals surface area (Å²) in [4.78, 5) is 0. The molecule has 0 aromatic heterocycles. The van der Waals surface area contributed by atoms with Gasteiger partial charge in [0.2, 0.25) is 0 Å². The van der Waals surface area contributed by atoms with Crippen molar-refractivity contribution < 1.29 is 0 Å². The molecule has 0 heterocycles. The largest absolute Gasteiger partial charge is 0.183 e. The minimum atomic E-state index is -0.103. The minimum Gasteiger partial charge on any atom is -0.183 e. The molecule has 0 bridgehead atoms. The van der Waals surface area contributed by atoms with E-state index in [4.69, 9.17) is 0 Å². The average molecular weight is 218 g/mol. The van der Waals surface area contributed by atoms with Gasteiger partial charge >= 0.3 is 0 Å². The lowest BCUT2D eigenvalue weighted by atomic mass is 9.82. The average Bonchev–Trinajstić information content (AvgIpc) is 2.13. The van der Waals surface area contributed by atoms with Gasteiger partial charge in [-0.25, -0.2) is 0 Å². The molecule has 0 saturated carbocycles. The Morgan fingerprint density at radius 1 is 0.938 bits per heavy atom. The second-order valence-electron chi connectivity index (χ2n) is 6.09. The molecule has 0 radical (unpaired) electrons. The van der Waals surface area contributed by atoms with Crippen LogP contribution in [0.1, 0.15) is 41.0 Å². The van der Waals surface area contributed by atoms with E-state index < -0.39 is 0 Å². The van der Waals surface area contributed by atoms with Crippen LogP contribution in [0.5, 0.6) is 0 Å². The van der Waals surface area contributed by atoms with Crippen molar-refractivity contribution in [1.82, 2.24) is 0 Å². The first-order valence-corrected chi connectivity index (χ1v) is 5.77. The molecule has 0 aliphatic heterocycles. The summed E-state index contributed by atoms with van der Waals surface area (Å²) in [5, 5.41) is 8.72. The van der Waals surface area contributed by atoms with E-state index in [2.05, 4.69) is 44.8 Å². The molecule has 2 nitrogen and oxygen atoms in total. The fourth-order valence-corrected chi connectivity index (χ4v) is 2.02. The molecular formula is C14H22N2. The van der Waals surface area contributed by atoms with Gasteiger partial charge < -0.3 is 0 Å². The van der Waals surface area contributed by atoms with Gasteiger partial charge in [-0.3, -0.25) is 0 Å². The Kier molecular flexibility index (Phi) is 3.84. The number of benzene rings is 1. The van der Waals surface area contributed by atoms with Crippen LogP contribution in [0.25, 0.3) is 0 Å². The quantitative estimate of drug-likeness (QED) is 0.639. The van der Waals surface area contributed by atoms with Crippen LogP contribution in [0.4, 0.5) is 5.69 Å². The summed E-state index contributed by atoms with van der Waals surface area (Å²) < 4.78 is 0. The molecule has 0 spiro atoms. The summed E-state index contributed by atoms with van der Waals surface area (Å²) in [5.41, 5.74) is 1.09. The van der Waals surface area contributed by atoms with E-state index in [0.29, 0.717) is 0 Å². The van der Waals surface area contributed by atoms with Gasteiger partial charge in [0.25, 0.3) is 0 Å². The van der Waals surface area contributed by atoms with Crippen LogP contribution >= 0.6 is 0 Å². The van der Waals surface area contributed by atoms with E-state index >= 15 is 0 Å². The fourth-order valence-electron chi connectivity index (χ4n) is 2.02. The van der Waals surface area contributed by atoms with Gasteiger partial charge in [-0.1, -0.05) is 39.0 Å². The highest BCUT2D eigenvalue weighted by Crippen LogP contribution is 2.30. The van der Waals surface area contributed by atoms with E-state index in [1.165, 1.54) is 0 Å². The summed E-state index contributed by atoms with van der Waals surface area (Å²) >= 11 is 0. The predicted octanol–water partition coefficient (Wildman–Crippen LogP) is 4.99. The molecule has 0 atom stereocenters. The maximum atomic E-state index is 4.44. The van der Waals surface area contributed by atoms with Crippen LogP contribution in [0.15, 0.2) is 40.6 Å². The van der Waals surface area contributed by atoms with Crippen LogP contribution in [-0.4, -0.2) is 5.54 Å². The van der Waals surface area contributed by atoms with Crippen molar-refractivity contribution in [2.45, 2.75) is 46.6 Å². The molecular weight excluding hydrogens is 196 g/mol. The second kappa shape index (κ2) is 4.77. The van der Waals surface area contributed by atoms with Crippen molar-refractivity contribution in [3.05, 3.63) is 30.3 Å². The van der Waals surface area contributed by atoms with Crippen molar-refractivity contribution in [2.75, 3.05) is 0 Å². The normalized spacial score (nSPS) is 13.3. The second-order valence-corrected chi connectivity index (χ2v) is 6.09. The lowest BCUT2D eigenvalue weighted by Gasteiger charge is -2.27. The molecule has 0 aliphatic rings. The molecule has 2 heteroatoms. The van der Waals surface area contributed by atoms with Crippen molar-refractivity contribution in [1.29, 1.82) is 0 Å². The zero-order valence-corrected chi connectivity index (χ0v) is 11.0. The Balaban J connectivity index is 2.69. The van der Waals surface area contributed by atoms with Gasteiger partial charge in [0, 0.05) is 0 Å². The van der Waals surface area contributed by atoms with E-state index in [-0.39, 0.29) is 11.0 Å². The topological polar surface area (TPSA) is 24.7 Å².